The van der Waals surface area contributed by atoms with Crippen LogP contribution in [0.25, 0.3) is 16.9 Å². The monoisotopic (exact) mass is 330 g/mol. The van der Waals surface area contributed by atoms with Crippen LogP contribution in [0.5, 0.6) is 0 Å². The van der Waals surface area contributed by atoms with Gasteiger partial charge < -0.3 is 4.40 Å². The van der Waals surface area contributed by atoms with Crippen LogP contribution in [-0.4, -0.2) is 9.38 Å². The maximum atomic E-state index is 5.43. The van der Waals surface area contributed by atoms with Crippen molar-refractivity contribution >= 4 is 33.7 Å². The van der Waals surface area contributed by atoms with E-state index in [1.54, 1.807) is 0 Å². The Bertz CT molecular complexity index is 838. The van der Waals surface area contributed by atoms with Crippen LogP contribution in [0.4, 0.5) is 0 Å². The largest absolute Gasteiger partial charge is 0.314 e. The summed E-state index contributed by atoms with van der Waals surface area (Å²) < 4.78 is 4.08. The van der Waals surface area contributed by atoms with Gasteiger partial charge in [0.2, 0.25) is 0 Å². The minimum absolute atomic E-state index is 0.802. The number of benzene rings is 1. The van der Waals surface area contributed by atoms with Gasteiger partial charge in [-0.25, -0.2) is 0 Å². The molecule has 1 aliphatic heterocycles. The molecule has 0 bridgehead atoms. The molecule has 2 nitrogen and oxygen atoms in total. The first-order valence-electron chi connectivity index (χ1n) is 6.36. The summed E-state index contributed by atoms with van der Waals surface area (Å²) in [4.78, 5) is 4.64. The van der Waals surface area contributed by atoms with Crippen molar-refractivity contribution in [2.75, 3.05) is 0 Å². The molecule has 0 aromatic carbocycles. The van der Waals surface area contributed by atoms with Crippen molar-refractivity contribution < 1.29 is 0 Å². The van der Waals surface area contributed by atoms with Gasteiger partial charge in [-0.1, -0.05) is 12.2 Å². The normalized spacial score (nSPS) is 14.2. The third kappa shape index (κ3) is 1.60. The summed E-state index contributed by atoms with van der Waals surface area (Å²) in [5.41, 5.74) is 6.02. The SMILES string of the molecule is S=c1ccc(Br)c2n3ccc4c3c(cnc1-2)CCC4. The predicted molar refractivity (Wildman–Crippen MR) is 82.4 cm³/mol. The van der Waals surface area contributed by atoms with Crippen molar-refractivity contribution in [1.82, 2.24) is 9.38 Å². The Balaban J connectivity index is 2.31. The van der Waals surface area contributed by atoms with Gasteiger partial charge in [-0.15, -0.1) is 0 Å². The van der Waals surface area contributed by atoms with Gasteiger partial charge in [0.05, 0.1) is 15.7 Å². The molecule has 4 rings (SSSR count). The van der Waals surface area contributed by atoms with Gasteiger partial charge in [0, 0.05) is 16.9 Å². The van der Waals surface area contributed by atoms with Gasteiger partial charge in [0.15, 0.2) is 0 Å². The molecule has 2 aliphatic carbocycles. The van der Waals surface area contributed by atoms with Crippen LogP contribution in [0.3, 0.4) is 0 Å². The van der Waals surface area contributed by atoms with Crippen LogP contribution in [0, 0.1) is 4.51 Å². The molecule has 4 heteroatoms. The van der Waals surface area contributed by atoms with Gasteiger partial charge in [-0.2, -0.15) is 0 Å². The fourth-order valence-electron chi connectivity index (χ4n) is 2.97. The number of nitrogens with zero attached hydrogens (tertiary/aromatic N) is 2. The van der Waals surface area contributed by atoms with E-state index in [4.69, 9.17) is 12.2 Å². The Labute approximate surface area is 124 Å². The molecule has 1 aromatic rings. The number of aryl methyl sites for hydroxylation is 2. The zero-order valence-corrected chi connectivity index (χ0v) is 12.6. The number of halogens is 1. The average Bonchev–Trinajstić information content (AvgIpc) is 2.75. The van der Waals surface area contributed by atoms with E-state index >= 15 is 0 Å². The van der Waals surface area contributed by atoms with Gasteiger partial charge in [0.25, 0.3) is 0 Å². The Morgan fingerprint density at radius 1 is 1.16 bits per heavy atom. The molecule has 1 aromatic heterocycles. The second-order valence-corrected chi connectivity index (χ2v) is 6.23. The number of hydrogen-bond acceptors (Lipinski definition) is 2. The van der Waals surface area contributed by atoms with Gasteiger partial charge >= 0.3 is 0 Å². The first-order chi connectivity index (χ1) is 9.25. The van der Waals surface area contributed by atoms with E-state index in [-0.39, 0.29) is 0 Å². The van der Waals surface area contributed by atoms with Gasteiger partial charge in [0.1, 0.15) is 5.69 Å². The number of fused-ring (bicyclic) bond motifs is 2. The summed E-state index contributed by atoms with van der Waals surface area (Å²) in [6.07, 6.45) is 7.60. The van der Waals surface area contributed by atoms with E-state index in [0.29, 0.717) is 0 Å². The molecular weight excluding hydrogens is 320 g/mol. The zero-order chi connectivity index (χ0) is 13.0. The molecule has 0 amide bonds. The second-order valence-electron chi connectivity index (χ2n) is 4.94. The van der Waals surface area contributed by atoms with E-state index in [0.717, 1.165) is 33.2 Å². The molecule has 0 unspecified atom stereocenters. The summed E-state index contributed by atoms with van der Waals surface area (Å²) >= 11 is 9.07. The van der Waals surface area contributed by atoms with Crippen molar-refractivity contribution in [3.8, 4) is 11.4 Å². The van der Waals surface area contributed by atoms with Crippen molar-refractivity contribution in [1.29, 1.82) is 0 Å². The molecule has 0 atom stereocenters. The highest BCUT2D eigenvalue weighted by atomic mass is 79.9. The second kappa shape index (κ2) is 4.12. The van der Waals surface area contributed by atoms with Crippen LogP contribution in [0.1, 0.15) is 17.5 Å². The molecule has 0 saturated carbocycles. The lowest BCUT2D eigenvalue weighted by Crippen LogP contribution is -1.99. The number of rotatable bonds is 0. The smallest absolute Gasteiger partial charge is 0.106 e. The highest BCUT2D eigenvalue weighted by molar-refractivity contribution is 9.10. The Morgan fingerprint density at radius 2 is 2.00 bits per heavy atom. The summed E-state index contributed by atoms with van der Waals surface area (Å²) in [7, 11) is 0. The fraction of sp³-hybridized carbons (Fsp3) is 0.200. The fourth-order valence-corrected chi connectivity index (χ4v) is 3.70. The summed E-state index contributed by atoms with van der Waals surface area (Å²) in [5.74, 6) is 0. The molecule has 0 fully saturated rings. The van der Waals surface area contributed by atoms with Crippen molar-refractivity contribution in [2.24, 2.45) is 0 Å². The Hall–Kier alpha value is -1.26. The Morgan fingerprint density at radius 3 is 2.89 bits per heavy atom. The van der Waals surface area contributed by atoms with Crippen molar-refractivity contribution in [3.63, 3.8) is 0 Å². The van der Waals surface area contributed by atoms with Crippen LogP contribution >= 0.6 is 28.1 Å². The molecule has 94 valence electrons. The van der Waals surface area contributed by atoms with Gasteiger partial charge in [-0.3, -0.25) is 4.98 Å². The first-order valence-corrected chi connectivity index (χ1v) is 7.56. The van der Waals surface area contributed by atoms with Crippen LogP contribution in [0.15, 0.2) is 35.1 Å². The van der Waals surface area contributed by atoms with Gasteiger partial charge in [-0.05, 0) is 64.5 Å². The van der Waals surface area contributed by atoms with Crippen LogP contribution in [0.2, 0.25) is 0 Å². The first kappa shape index (κ1) is 11.6. The van der Waals surface area contributed by atoms with Crippen molar-refractivity contribution in [2.45, 2.75) is 19.3 Å². The highest BCUT2D eigenvalue weighted by Gasteiger charge is 2.18. The standard InChI is InChI=1S/C15H11BrN2S/c16-11-4-5-12(19)13-15(11)18-7-6-9-2-1-3-10(8-17-13)14(9)18/h4-8H,1-3H2. The van der Waals surface area contributed by atoms with E-state index in [9.17, 15) is 0 Å². The third-order valence-electron chi connectivity index (χ3n) is 3.82. The minimum Gasteiger partial charge on any atom is -0.314 e. The maximum absolute atomic E-state index is 5.43. The van der Waals surface area contributed by atoms with E-state index in [2.05, 4.69) is 37.6 Å². The number of aromatic nitrogens is 2. The number of hydrogen-bond donors (Lipinski definition) is 0. The molecular formula is C15H11BrN2S. The third-order valence-corrected chi connectivity index (χ3v) is 4.79. The highest BCUT2D eigenvalue weighted by Crippen LogP contribution is 2.34. The van der Waals surface area contributed by atoms with E-state index in [1.807, 2.05) is 18.3 Å². The summed E-state index contributed by atoms with van der Waals surface area (Å²) in [6.45, 7) is 0. The van der Waals surface area contributed by atoms with Crippen molar-refractivity contribution in [3.05, 3.63) is 50.7 Å². The van der Waals surface area contributed by atoms with E-state index in [1.165, 1.54) is 23.1 Å². The molecule has 2 heterocycles. The Kier molecular flexibility index (Phi) is 2.50. The average molecular weight is 331 g/mol. The lowest BCUT2D eigenvalue weighted by molar-refractivity contribution is 0.803. The zero-order valence-electron chi connectivity index (χ0n) is 10.2. The molecule has 3 aliphatic rings. The molecule has 0 spiro atoms. The van der Waals surface area contributed by atoms with Crippen LogP contribution in [-0.2, 0) is 12.8 Å². The topological polar surface area (TPSA) is 17.3 Å². The minimum atomic E-state index is 0.802. The molecule has 0 N–H and O–H groups in total. The lowest BCUT2D eigenvalue weighted by Gasteiger charge is -2.11. The summed E-state index contributed by atoms with van der Waals surface area (Å²) in [5, 5.41) is 0. The molecule has 0 radical (unpaired) electrons. The molecule has 0 saturated heterocycles. The van der Waals surface area contributed by atoms with E-state index < -0.39 is 0 Å². The maximum Gasteiger partial charge on any atom is 0.106 e. The van der Waals surface area contributed by atoms with Crippen LogP contribution < -0.4 is 0 Å². The molecule has 19 heavy (non-hydrogen) atoms. The quantitative estimate of drug-likeness (QED) is 0.567. The summed E-state index contributed by atoms with van der Waals surface area (Å²) in [6, 6.07) is 6.17. The predicted octanol–water partition coefficient (Wildman–Crippen LogP) is 4.42. The lowest BCUT2D eigenvalue weighted by atomic mass is 9.98.